The van der Waals surface area contributed by atoms with Gasteiger partial charge < -0.3 is 9.64 Å². The van der Waals surface area contributed by atoms with Crippen LogP contribution in [0.1, 0.15) is 32.0 Å². The van der Waals surface area contributed by atoms with Crippen molar-refractivity contribution in [3.63, 3.8) is 0 Å². The summed E-state index contributed by atoms with van der Waals surface area (Å²) in [5.41, 5.74) is 0.790. The summed E-state index contributed by atoms with van der Waals surface area (Å²) in [5, 5.41) is 3.27. The average molecular weight is 292 g/mol. The summed E-state index contributed by atoms with van der Waals surface area (Å²) in [4.78, 5) is 14.4. The maximum absolute atomic E-state index is 13.5. The van der Waals surface area contributed by atoms with Crippen LogP contribution in [0.3, 0.4) is 0 Å². The standard InChI is InChI=1S/C16H21FN2O2/c1-10-16(20)19(11(2)13-6-7-21-9-13)15(18-10)12-4-3-5-14(17)8-12/h3-5,8,10-11,13,15,18H,6-7,9H2,1-2H3. The molecule has 0 aromatic heterocycles. The Labute approximate surface area is 124 Å². The number of amides is 1. The van der Waals surface area contributed by atoms with E-state index >= 15 is 0 Å². The Morgan fingerprint density at radius 1 is 1.48 bits per heavy atom. The quantitative estimate of drug-likeness (QED) is 0.927. The number of carbonyl (C=O) groups is 1. The maximum Gasteiger partial charge on any atom is 0.241 e. The molecule has 4 atom stereocenters. The second-order valence-corrected chi connectivity index (χ2v) is 5.96. The van der Waals surface area contributed by atoms with Gasteiger partial charge in [0, 0.05) is 18.6 Å². The van der Waals surface area contributed by atoms with E-state index < -0.39 is 0 Å². The summed E-state index contributed by atoms with van der Waals surface area (Å²) in [6, 6.07) is 6.28. The minimum absolute atomic E-state index is 0.0728. The Hall–Kier alpha value is -1.46. The smallest absolute Gasteiger partial charge is 0.241 e. The number of rotatable bonds is 3. The number of nitrogens with one attached hydrogen (secondary N) is 1. The lowest BCUT2D eigenvalue weighted by atomic mass is 9.98. The number of nitrogens with zero attached hydrogens (tertiary/aromatic N) is 1. The SMILES string of the molecule is CC1NC(c2cccc(F)c2)N(C(C)C2CCOC2)C1=O. The van der Waals surface area contributed by atoms with E-state index in [0.717, 1.165) is 18.6 Å². The first-order valence-corrected chi connectivity index (χ1v) is 7.49. The maximum atomic E-state index is 13.5. The molecule has 21 heavy (non-hydrogen) atoms. The van der Waals surface area contributed by atoms with Gasteiger partial charge in [0.2, 0.25) is 5.91 Å². The highest BCUT2D eigenvalue weighted by molar-refractivity contribution is 5.84. The lowest BCUT2D eigenvalue weighted by Gasteiger charge is -2.33. The van der Waals surface area contributed by atoms with Crippen LogP contribution in [0.25, 0.3) is 0 Å². The fourth-order valence-corrected chi connectivity index (χ4v) is 3.27. The van der Waals surface area contributed by atoms with E-state index in [-0.39, 0.29) is 30.0 Å². The van der Waals surface area contributed by atoms with E-state index in [4.69, 9.17) is 4.74 Å². The van der Waals surface area contributed by atoms with Gasteiger partial charge in [0.15, 0.2) is 0 Å². The predicted octanol–water partition coefficient (Wildman–Crippen LogP) is 2.07. The van der Waals surface area contributed by atoms with Crippen LogP contribution in [0, 0.1) is 11.7 Å². The van der Waals surface area contributed by atoms with Gasteiger partial charge in [-0.2, -0.15) is 0 Å². The van der Waals surface area contributed by atoms with Gasteiger partial charge in [-0.3, -0.25) is 10.1 Å². The van der Waals surface area contributed by atoms with Gasteiger partial charge in [0.1, 0.15) is 12.0 Å². The molecule has 4 unspecified atom stereocenters. The van der Waals surface area contributed by atoms with Gasteiger partial charge in [0.05, 0.1) is 12.6 Å². The zero-order valence-electron chi connectivity index (χ0n) is 12.4. The summed E-state index contributed by atoms with van der Waals surface area (Å²) in [6.45, 7) is 5.36. The summed E-state index contributed by atoms with van der Waals surface area (Å²) >= 11 is 0. The normalized spacial score (nSPS) is 30.9. The highest BCUT2D eigenvalue weighted by Crippen LogP contribution is 2.32. The molecule has 1 N–H and O–H groups in total. The third-order valence-electron chi connectivity index (χ3n) is 4.56. The van der Waals surface area contributed by atoms with Crippen molar-refractivity contribution in [1.82, 2.24) is 10.2 Å². The molecule has 2 saturated heterocycles. The molecular formula is C16H21FN2O2. The Morgan fingerprint density at radius 2 is 2.29 bits per heavy atom. The minimum atomic E-state index is -0.280. The molecule has 4 nitrogen and oxygen atoms in total. The van der Waals surface area contributed by atoms with Crippen molar-refractivity contribution in [2.24, 2.45) is 5.92 Å². The molecule has 0 aliphatic carbocycles. The average Bonchev–Trinajstić information content (AvgIpc) is 3.08. The molecule has 1 aromatic rings. The van der Waals surface area contributed by atoms with Gasteiger partial charge in [-0.15, -0.1) is 0 Å². The van der Waals surface area contributed by atoms with Crippen LogP contribution in [0.4, 0.5) is 4.39 Å². The van der Waals surface area contributed by atoms with Crippen molar-refractivity contribution in [3.8, 4) is 0 Å². The van der Waals surface area contributed by atoms with Crippen molar-refractivity contribution in [3.05, 3.63) is 35.6 Å². The van der Waals surface area contributed by atoms with Gasteiger partial charge in [-0.1, -0.05) is 12.1 Å². The van der Waals surface area contributed by atoms with Crippen LogP contribution in [-0.4, -0.2) is 36.1 Å². The highest BCUT2D eigenvalue weighted by Gasteiger charge is 2.42. The van der Waals surface area contributed by atoms with E-state index in [1.54, 1.807) is 6.07 Å². The van der Waals surface area contributed by atoms with Crippen LogP contribution in [0.2, 0.25) is 0 Å². The van der Waals surface area contributed by atoms with E-state index in [9.17, 15) is 9.18 Å². The lowest BCUT2D eigenvalue weighted by Crippen LogP contribution is -2.42. The van der Waals surface area contributed by atoms with E-state index in [1.165, 1.54) is 12.1 Å². The molecule has 2 aliphatic rings. The number of hydrogen-bond donors (Lipinski definition) is 1. The molecule has 2 heterocycles. The largest absolute Gasteiger partial charge is 0.381 e. The van der Waals surface area contributed by atoms with Gasteiger partial charge in [-0.05, 0) is 38.0 Å². The van der Waals surface area contributed by atoms with E-state index in [2.05, 4.69) is 12.2 Å². The zero-order valence-corrected chi connectivity index (χ0v) is 12.4. The number of carbonyl (C=O) groups excluding carboxylic acids is 1. The Balaban J connectivity index is 1.88. The van der Waals surface area contributed by atoms with Crippen LogP contribution >= 0.6 is 0 Å². The van der Waals surface area contributed by atoms with Crippen molar-refractivity contribution in [2.45, 2.75) is 38.5 Å². The first kappa shape index (κ1) is 14.5. The highest BCUT2D eigenvalue weighted by atomic mass is 19.1. The summed E-state index contributed by atoms with van der Waals surface area (Å²) in [5.74, 6) is 0.138. The second kappa shape index (κ2) is 5.73. The van der Waals surface area contributed by atoms with Gasteiger partial charge >= 0.3 is 0 Å². The van der Waals surface area contributed by atoms with Crippen molar-refractivity contribution in [2.75, 3.05) is 13.2 Å². The summed E-state index contributed by atoms with van der Waals surface area (Å²) in [7, 11) is 0. The molecule has 0 bridgehead atoms. The number of halogens is 1. The molecule has 0 radical (unpaired) electrons. The molecule has 114 valence electrons. The fourth-order valence-electron chi connectivity index (χ4n) is 3.27. The van der Waals surface area contributed by atoms with Crippen LogP contribution < -0.4 is 5.32 Å². The number of hydrogen-bond acceptors (Lipinski definition) is 3. The zero-order chi connectivity index (χ0) is 15.0. The lowest BCUT2D eigenvalue weighted by molar-refractivity contribution is -0.132. The Kier molecular flexibility index (Phi) is 3.95. The van der Waals surface area contributed by atoms with Crippen molar-refractivity contribution >= 4 is 5.91 Å². The topological polar surface area (TPSA) is 41.6 Å². The molecular weight excluding hydrogens is 271 g/mol. The number of benzene rings is 1. The van der Waals surface area contributed by atoms with Crippen LogP contribution in [0.15, 0.2) is 24.3 Å². The predicted molar refractivity (Wildman–Crippen MR) is 77.0 cm³/mol. The second-order valence-electron chi connectivity index (χ2n) is 5.96. The molecule has 0 spiro atoms. The summed E-state index contributed by atoms with van der Waals surface area (Å²) < 4.78 is 18.9. The molecule has 0 saturated carbocycles. The fraction of sp³-hybridized carbons (Fsp3) is 0.562. The summed E-state index contributed by atoms with van der Waals surface area (Å²) in [6.07, 6.45) is 0.702. The number of ether oxygens (including phenoxy) is 1. The minimum Gasteiger partial charge on any atom is -0.381 e. The van der Waals surface area contributed by atoms with Gasteiger partial charge in [0.25, 0.3) is 0 Å². The van der Waals surface area contributed by atoms with E-state index in [1.807, 2.05) is 17.9 Å². The molecule has 1 amide bonds. The van der Waals surface area contributed by atoms with Crippen molar-refractivity contribution < 1.29 is 13.9 Å². The Morgan fingerprint density at radius 3 is 2.95 bits per heavy atom. The van der Waals surface area contributed by atoms with Crippen LogP contribution in [0.5, 0.6) is 0 Å². The molecule has 1 aromatic carbocycles. The van der Waals surface area contributed by atoms with Crippen LogP contribution in [-0.2, 0) is 9.53 Å². The Bertz CT molecular complexity index is 531. The molecule has 2 fully saturated rings. The monoisotopic (exact) mass is 292 g/mol. The third-order valence-corrected chi connectivity index (χ3v) is 4.56. The third kappa shape index (κ3) is 2.68. The molecule has 3 rings (SSSR count). The molecule has 2 aliphatic heterocycles. The first-order chi connectivity index (χ1) is 10.1. The first-order valence-electron chi connectivity index (χ1n) is 7.49. The van der Waals surface area contributed by atoms with Gasteiger partial charge in [-0.25, -0.2) is 4.39 Å². The molecule has 5 heteroatoms. The van der Waals surface area contributed by atoms with E-state index in [0.29, 0.717) is 12.5 Å². The van der Waals surface area contributed by atoms with Crippen molar-refractivity contribution in [1.29, 1.82) is 0 Å².